The zero-order chi connectivity index (χ0) is 15.0. The zero-order valence-electron chi connectivity index (χ0n) is 12.9. The van der Waals surface area contributed by atoms with Crippen LogP contribution in [0.15, 0.2) is 18.2 Å². The molecule has 0 heterocycles. The van der Waals surface area contributed by atoms with Crippen molar-refractivity contribution in [3.05, 3.63) is 23.8 Å². The lowest BCUT2D eigenvalue weighted by Crippen LogP contribution is -2.28. The summed E-state index contributed by atoms with van der Waals surface area (Å²) < 4.78 is 11.0. The summed E-state index contributed by atoms with van der Waals surface area (Å²) in [5, 5.41) is 3.24. The first-order chi connectivity index (χ1) is 9.62. The Bertz CT molecular complexity index is 432. The van der Waals surface area contributed by atoms with Gasteiger partial charge in [0.15, 0.2) is 17.3 Å². The minimum Gasteiger partial charge on any atom is -0.490 e. The van der Waals surface area contributed by atoms with E-state index in [0.29, 0.717) is 36.7 Å². The van der Waals surface area contributed by atoms with Crippen LogP contribution in [0, 0.1) is 0 Å². The highest BCUT2D eigenvalue weighted by molar-refractivity contribution is 5.97. The predicted octanol–water partition coefficient (Wildman–Crippen LogP) is 3.05. The highest BCUT2D eigenvalue weighted by atomic mass is 16.5. The predicted molar refractivity (Wildman–Crippen MR) is 80.9 cm³/mol. The molecule has 1 N–H and O–H groups in total. The van der Waals surface area contributed by atoms with Crippen molar-refractivity contribution in [3.63, 3.8) is 0 Å². The Morgan fingerprint density at radius 2 is 1.80 bits per heavy atom. The molecule has 0 aliphatic carbocycles. The molecule has 1 aromatic rings. The van der Waals surface area contributed by atoms with Crippen LogP contribution in [0.25, 0.3) is 0 Å². The molecule has 20 heavy (non-hydrogen) atoms. The van der Waals surface area contributed by atoms with E-state index in [1.54, 1.807) is 18.2 Å². The Kier molecular flexibility index (Phi) is 7.09. The molecule has 0 aliphatic rings. The van der Waals surface area contributed by atoms with Gasteiger partial charge in [-0.3, -0.25) is 4.79 Å². The van der Waals surface area contributed by atoms with Crippen LogP contribution < -0.4 is 14.8 Å². The smallest absolute Gasteiger partial charge is 0.164 e. The molecule has 0 aliphatic heterocycles. The lowest BCUT2D eigenvalue weighted by atomic mass is 10.0. The molecule has 0 fully saturated rings. The molecule has 4 nitrogen and oxygen atoms in total. The number of ketones is 1. The van der Waals surface area contributed by atoms with Crippen LogP contribution >= 0.6 is 0 Å². The van der Waals surface area contributed by atoms with Gasteiger partial charge in [0, 0.05) is 18.0 Å². The normalized spacial score (nSPS) is 12.0. The Hall–Kier alpha value is -1.55. The van der Waals surface area contributed by atoms with E-state index >= 15 is 0 Å². The van der Waals surface area contributed by atoms with Crippen LogP contribution in [-0.2, 0) is 0 Å². The second kappa shape index (κ2) is 8.59. The first-order valence-corrected chi connectivity index (χ1v) is 7.28. The van der Waals surface area contributed by atoms with Gasteiger partial charge in [0.1, 0.15) is 0 Å². The van der Waals surface area contributed by atoms with Gasteiger partial charge in [-0.1, -0.05) is 6.92 Å². The standard InChI is InChI=1S/C16H25NO3/c1-5-17-12(4)10-14(18)13-8-9-15(19-6-2)16(11-13)20-7-3/h8-9,11-12,17H,5-7,10H2,1-4H3. The van der Waals surface area contributed by atoms with Crippen molar-refractivity contribution in [2.45, 2.75) is 40.2 Å². The second-order valence-corrected chi connectivity index (χ2v) is 4.61. The number of hydrogen-bond donors (Lipinski definition) is 1. The summed E-state index contributed by atoms with van der Waals surface area (Å²) in [5.41, 5.74) is 0.668. The van der Waals surface area contributed by atoms with Gasteiger partial charge in [-0.05, 0) is 45.5 Å². The topological polar surface area (TPSA) is 47.6 Å². The third-order valence-corrected chi connectivity index (χ3v) is 2.91. The van der Waals surface area contributed by atoms with Crippen molar-refractivity contribution in [2.24, 2.45) is 0 Å². The van der Waals surface area contributed by atoms with E-state index in [1.807, 2.05) is 27.7 Å². The van der Waals surface area contributed by atoms with Crippen LogP contribution in [0.3, 0.4) is 0 Å². The first kappa shape index (κ1) is 16.5. The number of ether oxygens (including phenoxy) is 2. The third kappa shape index (κ3) is 4.85. The van der Waals surface area contributed by atoms with Crippen molar-refractivity contribution < 1.29 is 14.3 Å². The highest BCUT2D eigenvalue weighted by Crippen LogP contribution is 2.29. The number of benzene rings is 1. The van der Waals surface area contributed by atoms with Gasteiger partial charge in [-0.15, -0.1) is 0 Å². The van der Waals surface area contributed by atoms with Crippen molar-refractivity contribution >= 4 is 5.78 Å². The third-order valence-electron chi connectivity index (χ3n) is 2.91. The van der Waals surface area contributed by atoms with E-state index in [2.05, 4.69) is 5.32 Å². The summed E-state index contributed by atoms with van der Waals surface area (Å²) in [7, 11) is 0. The van der Waals surface area contributed by atoms with E-state index < -0.39 is 0 Å². The molecule has 1 unspecified atom stereocenters. The number of hydrogen-bond acceptors (Lipinski definition) is 4. The van der Waals surface area contributed by atoms with Crippen molar-refractivity contribution in [1.29, 1.82) is 0 Å². The summed E-state index contributed by atoms with van der Waals surface area (Å²) >= 11 is 0. The van der Waals surface area contributed by atoms with E-state index in [4.69, 9.17) is 9.47 Å². The molecule has 1 atom stereocenters. The monoisotopic (exact) mass is 279 g/mol. The maximum atomic E-state index is 12.2. The number of nitrogens with one attached hydrogen (secondary N) is 1. The van der Waals surface area contributed by atoms with E-state index in [0.717, 1.165) is 6.54 Å². The highest BCUT2D eigenvalue weighted by Gasteiger charge is 2.14. The molecule has 0 aromatic heterocycles. The molecule has 0 amide bonds. The molecule has 0 saturated heterocycles. The first-order valence-electron chi connectivity index (χ1n) is 7.28. The van der Waals surface area contributed by atoms with Crippen molar-refractivity contribution in [1.82, 2.24) is 5.32 Å². The fourth-order valence-corrected chi connectivity index (χ4v) is 2.04. The van der Waals surface area contributed by atoms with Crippen LogP contribution in [0.5, 0.6) is 11.5 Å². The van der Waals surface area contributed by atoms with Gasteiger partial charge >= 0.3 is 0 Å². The number of rotatable bonds is 9. The Balaban J connectivity index is 2.84. The second-order valence-electron chi connectivity index (χ2n) is 4.61. The molecule has 112 valence electrons. The Morgan fingerprint density at radius 1 is 1.15 bits per heavy atom. The SMILES string of the molecule is CCNC(C)CC(=O)c1ccc(OCC)c(OCC)c1. The van der Waals surface area contributed by atoms with Gasteiger partial charge in [0.2, 0.25) is 0 Å². The molecule has 1 rings (SSSR count). The number of carbonyl (C=O) groups excluding carboxylic acids is 1. The molecular weight excluding hydrogens is 254 g/mol. The average molecular weight is 279 g/mol. The maximum absolute atomic E-state index is 12.2. The van der Waals surface area contributed by atoms with E-state index in [1.165, 1.54) is 0 Å². The van der Waals surface area contributed by atoms with Crippen LogP contribution in [0.2, 0.25) is 0 Å². The van der Waals surface area contributed by atoms with Gasteiger partial charge < -0.3 is 14.8 Å². The molecule has 0 bridgehead atoms. The fraction of sp³-hybridized carbons (Fsp3) is 0.562. The van der Waals surface area contributed by atoms with Gasteiger partial charge in [-0.25, -0.2) is 0 Å². The van der Waals surface area contributed by atoms with Crippen LogP contribution in [-0.4, -0.2) is 31.6 Å². The van der Waals surface area contributed by atoms with Gasteiger partial charge in [0.25, 0.3) is 0 Å². The molecule has 0 saturated carbocycles. The average Bonchev–Trinajstić information content (AvgIpc) is 2.41. The zero-order valence-corrected chi connectivity index (χ0v) is 12.9. The quantitative estimate of drug-likeness (QED) is 0.706. The lowest BCUT2D eigenvalue weighted by molar-refractivity contribution is 0.0971. The molecule has 4 heteroatoms. The van der Waals surface area contributed by atoms with Gasteiger partial charge in [-0.2, -0.15) is 0 Å². The van der Waals surface area contributed by atoms with Crippen molar-refractivity contribution in [2.75, 3.05) is 19.8 Å². The fourth-order valence-electron chi connectivity index (χ4n) is 2.04. The number of carbonyl (C=O) groups is 1. The van der Waals surface area contributed by atoms with Crippen molar-refractivity contribution in [3.8, 4) is 11.5 Å². The summed E-state index contributed by atoms with van der Waals surface area (Å²) in [4.78, 5) is 12.2. The van der Waals surface area contributed by atoms with E-state index in [9.17, 15) is 4.79 Å². The Labute approximate surface area is 121 Å². The molecule has 0 radical (unpaired) electrons. The summed E-state index contributed by atoms with van der Waals surface area (Å²) in [5.74, 6) is 1.43. The largest absolute Gasteiger partial charge is 0.490 e. The van der Waals surface area contributed by atoms with Crippen LogP contribution in [0.1, 0.15) is 44.5 Å². The maximum Gasteiger partial charge on any atom is 0.164 e. The minimum atomic E-state index is 0.113. The van der Waals surface area contributed by atoms with E-state index in [-0.39, 0.29) is 11.8 Å². The summed E-state index contributed by atoms with van der Waals surface area (Å²) in [6.45, 7) is 9.87. The lowest BCUT2D eigenvalue weighted by Gasteiger charge is -2.14. The van der Waals surface area contributed by atoms with Gasteiger partial charge in [0.05, 0.1) is 13.2 Å². The minimum absolute atomic E-state index is 0.113. The molecule has 1 aromatic carbocycles. The molecule has 0 spiro atoms. The summed E-state index contributed by atoms with van der Waals surface area (Å²) in [6.07, 6.45) is 0.480. The molecular formula is C16H25NO3. The number of Topliss-reactive ketones (excluding diaryl/α,β-unsaturated/α-hetero) is 1. The Morgan fingerprint density at radius 3 is 2.40 bits per heavy atom. The summed E-state index contributed by atoms with van der Waals surface area (Å²) in [6, 6.07) is 5.55. The van der Waals surface area contributed by atoms with Crippen LogP contribution in [0.4, 0.5) is 0 Å².